The van der Waals surface area contributed by atoms with Crippen LogP contribution in [0, 0.1) is 17.8 Å². The monoisotopic (exact) mass is 471 g/mol. The summed E-state index contributed by atoms with van der Waals surface area (Å²) in [5.41, 5.74) is 11.5. The first-order valence-corrected chi connectivity index (χ1v) is 11.9. The number of hydrogen-bond acceptors (Lipinski definition) is 6. The van der Waals surface area contributed by atoms with Crippen LogP contribution in [-0.2, 0) is 19.2 Å². The average molecular weight is 472 g/mol. The van der Waals surface area contributed by atoms with E-state index in [4.69, 9.17) is 11.5 Å². The predicted molar refractivity (Wildman–Crippen MR) is 128 cm³/mol. The summed E-state index contributed by atoms with van der Waals surface area (Å²) in [6, 6.07) is -3.62. The first-order chi connectivity index (χ1) is 15.3. The highest BCUT2D eigenvalue weighted by molar-refractivity contribution is 5.94. The molecule has 0 aromatic heterocycles. The smallest absolute Gasteiger partial charge is 0.326 e. The molecule has 10 heteroatoms. The molecule has 0 saturated carbocycles. The van der Waals surface area contributed by atoms with Gasteiger partial charge in [0.15, 0.2) is 0 Å². The standard InChI is InChI=1S/C23H45N5O5/c1-13(2)11-17(21(30)28-18(23(32)33)12-14(3)4)27-20(29)16(9-7-8-10-24)26-22(31)19(25)15(5)6/h13-19H,7-12,24-25H2,1-6H3,(H,26,31)(H,27,29)(H,28,30)(H,32,33). The Balaban J connectivity index is 5.51. The molecule has 3 amide bonds. The largest absolute Gasteiger partial charge is 0.480 e. The van der Waals surface area contributed by atoms with E-state index in [0.717, 1.165) is 0 Å². The topological polar surface area (TPSA) is 177 Å². The van der Waals surface area contributed by atoms with E-state index in [2.05, 4.69) is 16.0 Å². The summed E-state index contributed by atoms with van der Waals surface area (Å²) in [5.74, 6) is -2.60. The van der Waals surface area contributed by atoms with Gasteiger partial charge in [0.2, 0.25) is 17.7 Å². The molecular formula is C23H45N5O5. The SMILES string of the molecule is CC(C)CC(NC(=O)C(CC(C)C)NC(=O)C(CCCCN)NC(=O)C(N)C(C)C)C(=O)O. The van der Waals surface area contributed by atoms with Gasteiger partial charge in [-0.2, -0.15) is 0 Å². The third-order valence-electron chi connectivity index (χ3n) is 5.26. The Labute approximate surface area is 198 Å². The Morgan fingerprint density at radius 1 is 0.727 bits per heavy atom. The fraction of sp³-hybridized carbons (Fsp3) is 0.826. The second kappa shape index (κ2) is 15.6. The molecule has 33 heavy (non-hydrogen) atoms. The van der Waals surface area contributed by atoms with Gasteiger partial charge in [-0.05, 0) is 56.4 Å². The summed E-state index contributed by atoms with van der Waals surface area (Å²) in [7, 11) is 0. The zero-order valence-electron chi connectivity index (χ0n) is 21.0. The molecule has 192 valence electrons. The Kier molecular flexibility index (Phi) is 14.6. The maximum absolute atomic E-state index is 13.1. The van der Waals surface area contributed by atoms with Gasteiger partial charge in [0.05, 0.1) is 6.04 Å². The molecule has 0 aromatic carbocycles. The summed E-state index contributed by atoms with van der Waals surface area (Å²) in [6.45, 7) is 11.6. The van der Waals surface area contributed by atoms with Crippen LogP contribution in [0.2, 0.25) is 0 Å². The Bertz CT molecular complexity index is 639. The van der Waals surface area contributed by atoms with E-state index in [1.54, 1.807) is 0 Å². The summed E-state index contributed by atoms with van der Waals surface area (Å²) in [6.07, 6.45) is 2.24. The number of carboxylic acid groups (broad SMARTS) is 1. The van der Waals surface area contributed by atoms with Gasteiger partial charge < -0.3 is 32.5 Å². The van der Waals surface area contributed by atoms with Crippen molar-refractivity contribution in [3.05, 3.63) is 0 Å². The van der Waals surface area contributed by atoms with E-state index in [0.29, 0.717) is 32.2 Å². The van der Waals surface area contributed by atoms with Gasteiger partial charge in [0.25, 0.3) is 0 Å². The highest BCUT2D eigenvalue weighted by Crippen LogP contribution is 2.10. The first-order valence-electron chi connectivity index (χ1n) is 11.9. The fourth-order valence-electron chi connectivity index (χ4n) is 3.27. The molecule has 0 aliphatic heterocycles. The van der Waals surface area contributed by atoms with Crippen molar-refractivity contribution < 1.29 is 24.3 Å². The van der Waals surface area contributed by atoms with Crippen molar-refractivity contribution in [3.63, 3.8) is 0 Å². The average Bonchev–Trinajstić information content (AvgIpc) is 2.70. The minimum Gasteiger partial charge on any atom is -0.480 e. The van der Waals surface area contributed by atoms with Crippen LogP contribution in [-0.4, -0.2) is 59.5 Å². The van der Waals surface area contributed by atoms with Crippen LogP contribution < -0.4 is 27.4 Å². The van der Waals surface area contributed by atoms with E-state index in [1.165, 1.54) is 0 Å². The molecule has 0 bridgehead atoms. The molecule has 0 fully saturated rings. The van der Waals surface area contributed by atoms with E-state index < -0.39 is 47.9 Å². The number of aliphatic carboxylic acids is 1. The second-order valence-corrected chi connectivity index (χ2v) is 9.84. The van der Waals surface area contributed by atoms with E-state index in [9.17, 15) is 24.3 Å². The molecule has 0 aliphatic carbocycles. The lowest BCUT2D eigenvalue weighted by atomic mass is 9.99. The van der Waals surface area contributed by atoms with Crippen LogP contribution in [0.25, 0.3) is 0 Å². The summed E-state index contributed by atoms with van der Waals surface area (Å²) >= 11 is 0. The second-order valence-electron chi connectivity index (χ2n) is 9.84. The molecular weight excluding hydrogens is 426 g/mol. The molecule has 8 N–H and O–H groups in total. The van der Waals surface area contributed by atoms with Gasteiger partial charge in [-0.15, -0.1) is 0 Å². The number of carbonyl (C=O) groups is 4. The van der Waals surface area contributed by atoms with Crippen molar-refractivity contribution >= 4 is 23.7 Å². The lowest BCUT2D eigenvalue weighted by Crippen LogP contribution is -2.57. The van der Waals surface area contributed by atoms with Crippen LogP contribution in [0.15, 0.2) is 0 Å². The van der Waals surface area contributed by atoms with E-state index in [1.807, 2.05) is 41.5 Å². The molecule has 0 aliphatic rings. The van der Waals surface area contributed by atoms with Crippen molar-refractivity contribution in [2.45, 2.75) is 97.8 Å². The summed E-state index contributed by atoms with van der Waals surface area (Å²) < 4.78 is 0. The van der Waals surface area contributed by atoms with Gasteiger partial charge in [-0.25, -0.2) is 4.79 Å². The molecule has 4 atom stereocenters. The maximum Gasteiger partial charge on any atom is 0.326 e. The zero-order chi connectivity index (χ0) is 25.7. The quantitative estimate of drug-likeness (QED) is 0.180. The number of nitrogens with one attached hydrogen (secondary N) is 3. The molecule has 4 unspecified atom stereocenters. The number of rotatable bonds is 16. The van der Waals surface area contributed by atoms with Gasteiger partial charge in [0, 0.05) is 0 Å². The third kappa shape index (κ3) is 12.6. The van der Waals surface area contributed by atoms with Crippen LogP contribution in [0.3, 0.4) is 0 Å². The van der Waals surface area contributed by atoms with Crippen LogP contribution >= 0.6 is 0 Å². The summed E-state index contributed by atoms with van der Waals surface area (Å²) in [5, 5.41) is 17.4. The van der Waals surface area contributed by atoms with Crippen molar-refractivity contribution in [1.29, 1.82) is 0 Å². The maximum atomic E-state index is 13.1. The van der Waals surface area contributed by atoms with Crippen molar-refractivity contribution in [2.24, 2.45) is 29.2 Å². The Morgan fingerprint density at radius 2 is 1.18 bits per heavy atom. The predicted octanol–water partition coefficient (Wildman–Crippen LogP) is 0.730. The molecule has 0 radical (unpaired) electrons. The molecule has 0 spiro atoms. The number of amides is 3. The number of carboxylic acids is 1. The van der Waals surface area contributed by atoms with Gasteiger partial charge in [0.1, 0.15) is 18.1 Å². The lowest BCUT2D eigenvalue weighted by molar-refractivity contribution is -0.143. The molecule has 0 saturated heterocycles. The van der Waals surface area contributed by atoms with E-state index in [-0.39, 0.29) is 24.2 Å². The van der Waals surface area contributed by atoms with Crippen molar-refractivity contribution in [3.8, 4) is 0 Å². The van der Waals surface area contributed by atoms with Gasteiger partial charge >= 0.3 is 5.97 Å². The number of nitrogens with two attached hydrogens (primary N) is 2. The molecule has 0 aromatic rings. The van der Waals surface area contributed by atoms with Crippen molar-refractivity contribution in [1.82, 2.24) is 16.0 Å². The van der Waals surface area contributed by atoms with Crippen LogP contribution in [0.5, 0.6) is 0 Å². The highest BCUT2D eigenvalue weighted by Gasteiger charge is 2.31. The zero-order valence-corrected chi connectivity index (χ0v) is 21.0. The molecule has 0 rings (SSSR count). The molecule has 10 nitrogen and oxygen atoms in total. The Morgan fingerprint density at radius 3 is 1.64 bits per heavy atom. The van der Waals surface area contributed by atoms with Crippen LogP contribution in [0.4, 0.5) is 0 Å². The minimum atomic E-state index is -1.12. The Hall–Kier alpha value is -2.20. The van der Waals surface area contributed by atoms with Gasteiger partial charge in [-0.1, -0.05) is 41.5 Å². The number of carbonyl (C=O) groups excluding carboxylic acids is 3. The molecule has 0 heterocycles. The number of hydrogen-bond donors (Lipinski definition) is 6. The minimum absolute atomic E-state index is 0.0640. The first kappa shape index (κ1) is 30.8. The number of unbranched alkanes of at least 4 members (excludes halogenated alkanes) is 1. The van der Waals surface area contributed by atoms with E-state index >= 15 is 0 Å². The normalized spacial score (nSPS) is 15.1. The highest BCUT2D eigenvalue weighted by atomic mass is 16.4. The van der Waals surface area contributed by atoms with Crippen LogP contribution in [0.1, 0.15) is 73.6 Å². The van der Waals surface area contributed by atoms with Crippen molar-refractivity contribution in [2.75, 3.05) is 6.54 Å². The third-order valence-corrected chi connectivity index (χ3v) is 5.26. The van der Waals surface area contributed by atoms with Gasteiger partial charge in [-0.3, -0.25) is 14.4 Å². The fourth-order valence-corrected chi connectivity index (χ4v) is 3.27. The lowest BCUT2D eigenvalue weighted by Gasteiger charge is -2.27. The summed E-state index contributed by atoms with van der Waals surface area (Å²) in [4.78, 5) is 50.0.